The maximum atomic E-state index is 13.4. The van der Waals surface area contributed by atoms with Crippen molar-refractivity contribution in [3.05, 3.63) is 58.7 Å². The Morgan fingerprint density at radius 1 is 0.587 bits per heavy atom. The van der Waals surface area contributed by atoms with Crippen LogP contribution in [0.25, 0.3) is 0 Å². The summed E-state index contributed by atoms with van der Waals surface area (Å²) in [4.78, 5) is 77.0. The molecule has 46 heavy (non-hydrogen) atoms. The molecule has 0 saturated carbocycles. The average Bonchev–Trinajstić information content (AvgIpc) is 3.03. The Bertz CT molecular complexity index is 1370. The Morgan fingerprint density at radius 3 is 1.30 bits per heavy atom. The second kappa shape index (κ2) is 16.7. The summed E-state index contributed by atoms with van der Waals surface area (Å²) in [6.07, 6.45) is 3.75. The van der Waals surface area contributed by atoms with E-state index in [1.807, 2.05) is 0 Å². The molecule has 14 nitrogen and oxygen atoms in total. The second-order valence-corrected chi connectivity index (χ2v) is 11.4. The summed E-state index contributed by atoms with van der Waals surface area (Å²) in [6.45, 7) is 4.02. The molecule has 248 valence electrons. The number of nitrogens with one attached hydrogen (secondary N) is 4. The maximum absolute atomic E-state index is 13.4. The van der Waals surface area contributed by atoms with Crippen molar-refractivity contribution >= 4 is 46.6 Å². The number of hydrogen-bond acceptors (Lipinski definition) is 10. The van der Waals surface area contributed by atoms with Crippen LogP contribution in [0.3, 0.4) is 0 Å². The van der Waals surface area contributed by atoms with Crippen molar-refractivity contribution in [3.8, 4) is 0 Å². The van der Waals surface area contributed by atoms with Crippen LogP contribution in [0.1, 0.15) is 84.2 Å². The Hall–Kier alpha value is -4.50. The standard InChI is InChI=1S/C32H44N8O6/c1-17(37-31(45)25(35)7-3-5-13-33)29(43)39-19-9-11-21-23(15-19)27(41)22-12-10-20(16-24(22)28(21)42)40-30(44)18(2)38-32(46)26(36)8-4-6-14-34/h9-12,15-18,25-26H,3-8,13-14,33-36H2,1-2H3,(H,37,45)(H,38,46)(H,39,43)(H,40,44)/t17-,18-,25?,26?/m0/s1. The topological polar surface area (TPSA) is 255 Å². The van der Waals surface area contributed by atoms with Crippen molar-refractivity contribution in [3.63, 3.8) is 0 Å². The molecule has 0 saturated heterocycles. The van der Waals surface area contributed by atoms with Crippen molar-refractivity contribution in [1.82, 2.24) is 10.6 Å². The highest BCUT2D eigenvalue weighted by Crippen LogP contribution is 2.31. The minimum atomic E-state index is -0.912. The van der Waals surface area contributed by atoms with Gasteiger partial charge in [-0.05, 0) is 89.0 Å². The molecule has 0 radical (unpaired) electrons. The number of fused-ring (bicyclic) bond motifs is 2. The smallest absolute Gasteiger partial charge is 0.246 e. The van der Waals surface area contributed by atoms with Crippen molar-refractivity contribution in [2.45, 2.75) is 76.5 Å². The van der Waals surface area contributed by atoms with Crippen LogP contribution in [0.2, 0.25) is 0 Å². The number of anilines is 2. The van der Waals surface area contributed by atoms with Gasteiger partial charge in [0.25, 0.3) is 0 Å². The number of unbranched alkanes of at least 4 members (excludes halogenated alkanes) is 2. The molecule has 1 aliphatic carbocycles. The summed E-state index contributed by atoms with van der Waals surface area (Å²) in [6, 6.07) is 5.28. The fourth-order valence-electron chi connectivity index (χ4n) is 4.86. The fraction of sp³-hybridized carbons (Fsp3) is 0.438. The number of hydrogen-bond donors (Lipinski definition) is 8. The van der Waals surface area contributed by atoms with Crippen molar-refractivity contribution in [2.75, 3.05) is 23.7 Å². The highest BCUT2D eigenvalue weighted by atomic mass is 16.2. The van der Waals surface area contributed by atoms with E-state index in [9.17, 15) is 28.8 Å². The van der Waals surface area contributed by atoms with E-state index in [2.05, 4.69) is 21.3 Å². The van der Waals surface area contributed by atoms with Gasteiger partial charge in [-0.25, -0.2) is 0 Å². The number of carbonyl (C=O) groups is 6. The lowest BCUT2D eigenvalue weighted by molar-refractivity contribution is -0.127. The highest BCUT2D eigenvalue weighted by Gasteiger charge is 2.31. The number of ketones is 2. The predicted octanol–water partition coefficient (Wildman–Crippen LogP) is 0.261. The molecular weight excluding hydrogens is 592 g/mol. The van der Waals surface area contributed by atoms with E-state index in [1.54, 1.807) is 0 Å². The van der Waals surface area contributed by atoms with Crippen LogP contribution >= 0.6 is 0 Å². The van der Waals surface area contributed by atoms with Crippen molar-refractivity contribution in [1.29, 1.82) is 0 Å². The van der Waals surface area contributed by atoms with E-state index < -0.39 is 59.4 Å². The highest BCUT2D eigenvalue weighted by molar-refractivity contribution is 6.29. The van der Waals surface area contributed by atoms with Gasteiger partial charge in [-0.1, -0.05) is 12.8 Å². The Kier molecular flexibility index (Phi) is 13.1. The Labute approximate surface area is 267 Å². The number of benzene rings is 2. The van der Waals surface area contributed by atoms with E-state index >= 15 is 0 Å². The number of amides is 4. The molecule has 0 aromatic heterocycles. The fourth-order valence-corrected chi connectivity index (χ4v) is 4.86. The largest absolute Gasteiger partial charge is 0.343 e. The lowest BCUT2D eigenvalue weighted by Gasteiger charge is -2.21. The summed E-state index contributed by atoms with van der Waals surface area (Å²) in [5, 5.41) is 10.5. The molecule has 0 bridgehead atoms. The van der Waals surface area contributed by atoms with E-state index in [0.717, 1.165) is 12.8 Å². The van der Waals surface area contributed by atoms with Crippen LogP contribution in [0, 0.1) is 0 Å². The van der Waals surface area contributed by atoms with Gasteiger partial charge < -0.3 is 44.2 Å². The van der Waals surface area contributed by atoms with E-state index in [4.69, 9.17) is 22.9 Å². The van der Waals surface area contributed by atoms with Gasteiger partial charge in [-0.3, -0.25) is 28.8 Å². The second-order valence-electron chi connectivity index (χ2n) is 11.4. The first kappa shape index (κ1) is 36.0. The molecule has 14 heteroatoms. The van der Waals surface area contributed by atoms with Gasteiger partial charge in [0.2, 0.25) is 23.6 Å². The van der Waals surface area contributed by atoms with Gasteiger partial charge in [0.05, 0.1) is 12.1 Å². The predicted molar refractivity (Wildman–Crippen MR) is 174 cm³/mol. The summed E-state index contributed by atoms with van der Waals surface area (Å²) in [5.74, 6) is -2.86. The molecule has 4 atom stereocenters. The maximum Gasteiger partial charge on any atom is 0.246 e. The summed E-state index contributed by atoms with van der Waals surface area (Å²) in [5.41, 5.74) is 23.7. The molecular formula is C32H44N8O6. The molecule has 12 N–H and O–H groups in total. The number of nitrogens with two attached hydrogens (primary N) is 4. The molecule has 3 rings (SSSR count). The van der Waals surface area contributed by atoms with Gasteiger partial charge >= 0.3 is 0 Å². The Morgan fingerprint density at radius 2 is 0.957 bits per heavy atom. The molecule has 2 aromatic rings. The van der Waals surface area contributed by atoms with Gasteiger partial charge in [0.15, 0.2) is 11.6 Å². The molecule has 2 aromatic carbocycles. The van der Waals surface area contributed by atoms with Crippen molar-refractivity contribution < 1.29 is 28.8 Å². The van der Waals surface area contributed by atoms with Crippen LogP contribution in [-0.2, 0) is 19.2 Å². The van der Waals surface area contributed by atoms with Crippen LogP contribution in [0.15, 0.2) is 36.4 Å². The summed E-state index contributed by atoms with van der Waals surface area (Å²) >= 11 is 0. The van der Waals surface area contributed by atoms with E-state index in [1.165, 1.54) is 50.2 Å². The van der Waals surface area contributed by atoms with Crippen LogP contribution < -0.4 is 44.2 Å². The lowest BCUT2D eigenvalue weighted by Crippen LogP contribution is -2.48. The average molecular weight is 637 g/mol. The first-order valence-electron chi connectivity index (χ1n) is 15.4. The zero-order valence-corrected chi connectivity index (χ0v) is 26.2. The van der Waals surface area contributed by atoms with Crippen LogP contribution in [0.5, 0.6) is 0 Å². The molecule has 0 heterocycles. The first-order valence-corrected chi connectivity index (χ1v) is 15.4. The molecule has 4 amide bonds. The molecule has 1 aliphatic rings. The van der Waals surface area contributed by atoms with E-state index in [0.29, 0.717) is 38.8 Å². The number of carbonyl (C=O) groups excluding carboxylic acids is 6. The molecule has 2 unspecified atom stereocenters. The first-order chi connectivity index (χ1) is 21.9. The zero-order valence-electron chi connectivity index (χ0n) is 26.2. The Balaban J connectivity index is 1.64. The lowest BCUT2D eigenvalue weighted by atomic mass is 9.83. The van der Waals surface area contributed by atoms with E-state index in [-0.39, 0.29) is 33.6 Å². The molecule has 0 fully saturated rings. The minimum Gasteiger partial charge on any atom is -0.343 e. The quantitative estimate of drug-likeness (QED) is 0.0995. The normalized spacial score (nSPS) is 14.7. The van der Waals surface area contributed by atoms with Crippen LogP contribution in [0.4, 0.5) is 11.4 Å². The van der Waals surface area contributed by atoms with Gasteiger partial charge in [-0.2, -0.15) is 0 Å². The third-order valence-corrected chi connectivity index (χ3v) is 7.67. The van der Waals surface area contributed by atoms with Crippen molar-refractivity contribution in [2.24, 2.45) is 22.9 Å². The molecule has 0 spiro atoms. The third-order valence-electron chi connectivity index (χ3n) is 7.67. The van der Waals surface area contributed by atoms with Gasteiger partial charge in [0.1, 0.15) is 12.1 Å². The zero-order chi connectivity index (χ0) is 34.0. The van der Waals surface area contributed by atoms with Gasteiger partial charge in [-0.15, -0.1) is 0 Å². The monoisotopic (exact) mass is 636 g/mol. The molecule has 0 aliphatic heterocycles. The summed E-state index contributed by atoms with van der Waals surface area (Å²) < 4.78 is 0. The SMILES string of the molecule is C[C@H](NC(=O)C(N)CCCCN)C(=O)Nc1ccc2c(c1)C(=O)c1ccc(NC(=O)[C@H](C)NC(=O)C(N)CCCCN)cc1C2=O. The summed E-state index contributed by atoms with van der Waals surface area (Å²) in [7, 11) is 0. The third kappa shape index (κ3) is 9.26. The van der Waals surface area contributed by atoms with Crippen LogP contribution in [-0.4, -0.2) is 72.5 Å². The minimum absolute atomic E-state index is 0.102. The number of rotatable bonds is 16. The van der Waals surface area contributed by atoms with Gasteiger partial charge in [0, 0.05) is 33.6 Å².